The number of nitrogens with zero attached hydrogens (tertiary/aromatic N) is 1. The molecule has 1 saturated carbocycles. The summed E-state index contributed by atoms with van der Waals surface area (Å²) in [5, 5.41) is 8.98. The minimum Gasteiger partial charge on any atom is -0.396 e. The van der Waals surface area contributed by atoms with Gasteiger partial charge in [0.25, 0.3) is 0 Å². The van der Waals surface area contributed by atoms with Gasteiger partial charge in [-0.3, -0.25) is 0 Å². The summed E-state index contributed by atoms with van der Waals surface area (Å²) in [7, 11) is 0. The Morgan fingerprint density at radius 3 is 2.65 bits per heavy atom. The molecule has 112 valence electrons. The maximum absolute atomic E-state index is 13.7. The van der Waals surface area contributed by atoms with E-state index in [-0.39, 0.29) is 18.5 Å². The van der Waals surface area contributed by atoms with Gasteiger partial charge in [-0.2, -0.15) is 0 Å². The Morgan fingerprint density at radius 2 is 2.05 bits per heavy atom. The van der Waals surface area contributed by atoms with Crippen LogP contribution in [0.25, 0.3) is 0 Å². The number of nitrogens with two attached hydrogens (primary N) is 1. The minimum atomic E-state index is -0.257. The second-order valence-corrected chi connectivity index (χ2v) is 5.61. The zero-order chi connectivity index (χ0) is 14.4. The fourth-order valence-corrected chi connectivity index (χ4v) is 2.74. The van der Waals surface area contributed by atoms with Gasteiger partial charge in [0.1, 0.15) is 5.82 Å². The molecule has 1 fully saturated rings. The Morgan fingerprint density at radius 1 is 1.30 bits per heavy atom. The molecule has 2 rings (SSSR count). The Hall–Kier alpha value is -0.970. The van der Waals surface area contributed by atoms with Gasteiger partial charge in [0.15, 0.2) is 0 Å². The van der Waals surface area contributed by atoms with Crippen molar-refractivity contribution in [1.82, 2.24) is 4.90 Å². The van der Waals surface area contributed by atoms with Gasteiger partial charge in [-0.05, 0) is 31.7 Å². The SMILES string of the molecule is NC(CCN(CCCO)C1CCC1)c1ccccc1F. The van der Waals surface area contributed by atoms with Crippen LogP contribution in [0.15, 0.2) is 24.3 Å². The third-order valence-corrected chi connectivity index (χ3v) is 4.23. The van der Waals surface area contributed by atoms with Crippen LogP contribution in [0.5, 0.6) is 0 Å². The molecule has 0 heterocycles. The van der Waals surface area contributed by atoms with Gasteiger partial charge in [0, 0.05) is 37.3 Å². The molecule has 3 N–H and O–H groups in total. The summed E-state index contributed by atoms with van der Waals surface area (Å²) in [5.74, 6) is -0.217. The average Bonchev–Trinajstić information content (AvgIpc) is 2.39. The maximum atomic E-state index is 13.7. The Kier molecular flexibility index (Phi) is 5.95. The molecule has 4 heteroatoms. The Labute approximate surface area is 120 Å². The molecule has 1 atom stereocenters. The maximum Gasteiger partial charge on any atom is 0.127 e. The molecular formula is C16H25FN2O. The van der Waals surface area contributed by atoms with Crippen molar-refractivity contribution in [2.24, 2.45) is 5.73 Å². The Balaban J connectivity index is 1.86. The number of aliphatic hydroxyl groups is 1. The largest absolute Gasteiger partial charge is 0.396 e. The van der Waals surface area contributed by atoms with E-state index in [0.717, 1.165) is 25.9 Å². The summed E-state index contributed by atoms with van der Waals surface area (Å²) in [6.45, 7) is 2.01. The fraction of sp³-hybridized carbons (Fsp3) is 0.625. The minimum absolute atomic E-state index is 0.217. The Bertz CT molecular complexity index is 409. The van der Waals surface area contributed by atoms with Crippen molar-refractivity contribution < 1.29 is 9.50 Å². The molecule has 0 saturated heterocycles. The molecule has 0 radical (unpaired) electrons. The number of benzene rings is 1. The lowest BCUT2D eigenvalue weighted by Crippen LogP contribution is -2.42. The van der Waals surface area contributed by atoms with Crippen molar-refractivity contribution in [3.8, 4) is 0 Å². The van der Waals surface area contributed by atoms with E-state index >= 15 is 0 Å². The first-order valence-corrected chi connectivity index (χ1v) is 7.57. The van der Waals surface area contributed by atoms with Gasteiger partial charge in [0.05, 0.1) is 0 Å². The first-order chi connectivity index (χ1) is 9.72. The van der Waals surface area contributed by atoms with Crippen LogP contribution in [0, 0.1) is 5.82 Å². The lowest BCUT2D eigenvalue weighted by Gasteiger charge is -2.38. The van der Waals surface area contributed by atoms with Crippen molar-refractivity contribution in [2.75, 3.05) is 19.7 Å². The first kappa shape index (κ1) is 15.4. The molecule has 1 aromatic carbocycles. The summed E-state index contributed by atoms with van der Waals surface area (Å²) in [5.41, 5.74) is 6.72. The molecule has 0 amide bonds. The molecule has 0 spiro atoms. The highest BCUT2D eigenvalue weighted by atomic mass is 19.1. The molecule has 1 aromatic rings. The summed E-state index contributed by atoms with van der Waals surface area (Å²) in [6, 6.07) is 7.12. The zero-order valence-corrected chi connectivity index (χ0v) is 12.0. The highest BCUT2D eigenvalue weighted by Crippen LogP contribution is 2.26. The van der Waals surface area contributed by atoms with E-state index in [0.29, 0.717) is 11.6 Å². The number of hydrogen-bond donors (Lipinski definition) is 2. The van der Waals surface area contributed by atoms with Crippen LogP contribution in [0.1, 0.15) is 43.7 Å². The number of hydrogen-bond acceptors (Lipinski definition) is 3. The van der Waals surface area contributed by atoms with E-state index in [1.807, 2.05) is 6.07 Å². The summed E-state index contributed by atoms with van der Waals surface area (Å²) < 4.78 is 13.7. The van der Waals surface area contributed by atoms with Gasteiger partial charge < -0.3 is 15.7 Å². The standard InChI is InChI=1S/C16H25FN2O/c17-15-8-2-1-7-14(15)16(18)9-11-19(10-4-12-20)13-5-3-6-13/h1-2,7-8,13,16,20H,3-6,9-12,18H2. The lowest BCUT2D eigenvalue weighted by molar-refractivity contribution is 0.113. The highest BCUT2D eigenvalue weighted by Gasteiger charge is 2.25. The van der Waals surface area contributed by atoms with Crippen LogP contribution in [0.4, 0.5) is 4.39 Å². The van der Waals surface area contributed by atoms with Gasteiger partial charge in [0.2, 0.25) is 0 Å². The summed E-state index contributed by atoms with van der Waals surface area (Å²) in [4.78, 5) is 2.40. The molecule has 3 nitrogen and oxygen atoms in total. The monoisotopic (exact) mass is 280 g/mol. The molecule has 1 unspecified atom stereocenters. The van der Waals surface area contributed by atoms with Crippen molar-refractivity contribution >= 4 is 0 Å². The first-order valence-electron chi connectivity index (χ1n) is 7.57. The van der Waals surface area contributed by atoms with E-state index in [2.05, 4.69) is 4.90 Å². The van der Waals surface area contributed by atoms with Crippen LogP contribution in [0.2, 0.25) is 0 Å². The topological polar surface area (TPSA) is 49.5 Å². The van der Waals surface area contributed by atoms with Crippen LogP contribution in [-0.4, -0.2) is 35.7 Å². The smallest absolute Gasteiger partial charge is 0.127 e. The summed E-state index contributed by atoms with van der Waals surface area (Å²) in [6.07, 6.45) is 5.31. The third-order valence-electron chi connectivity index (χ3n) is 4.23. The van der Waals surface area contributed by atoms with Crippen LogP contribution in [0.3, 0.4) is 0 Å². The second kappa shape index (κ2) is 7.72. The predicted octanol–water partition coefficient (Wildman–Crippen LogP) is 2.45. The van der Waals surface area contributed by atoms with E-state index in [1.54, 1.807) is 12.1 Å². The predicted molar refractivity (Wildman–Crippen MR) is 78.9 cm³/mol. The number of aliphatic hydroxyl groups excluding tert-OH is 1. The van der Waals surface area contributed by atoms with Gasteiger partial charge in [-0.25, -0.2) is 4.39 Å². The van der Waals surface area contributed by atoms with E-state index in [9.17, 15) is 4.39 Å². The van der Waals surface area contributed by atoms with Crippen LogP contribution >= 0.6 is 0 Å². The quantitative estimate of drug-likeness (QED) is 0.769. The molecule has 0 bridgehead atoms. The fourth-order valence-electron chi connectivity index (χ4n) is 2.74. The molecule has 1 aliphatic rings. The second-order valence-electron chi connectivity index (χ2n) is 5.61. The van der Waals surface area contributed by atoms with Gasteiger partial charge in [-0.1, -0.05) is 24.6 Å². The van der Waals surface area contributed by atoms with Crippen molar-refractivity contribution in [2.45, 2.75) is 44.2 Å². The molecule has 1 aliphatic carbocycles. The van der Waals surface area contributed by atoms with Crippen LogP contribution in [-0.2, 0) is 0 Å². The van der Waals surface area contributed by atoms with E-state index in [4.69, 9.17) is 10.8 Å². The van der Waals surface area contributed by atoms with Crippen molar-refractivity contribution in [3.05, 3.63) is 35.6 Å². The van der Waals surface area contributed by atoms with E-state index in [1.165, 1.54) is 25.3 Å². The van der Waals surface area contributed by atoms with Crippen LogP contribution < -0.4 is 5.73 Å². The normalized spacial score (nSPS) is 17.2. The lowest BCUT2D eigenvalue weighted by atomic mass is 9.91. The van der Waals surface area contributed by atoms with Crippen molar-refractivity contribution in [3.63, 3.8) is 0 Å². The molecule has 20 heavy (non-hydrogen) atoms. The summed E-state index contributed by atoms with van der Waals surface area (Å²) >= 11 is 0. The highest BCUT2D eigenvalue weighted by molar-refractivity contribution is 5.20. The van der Waals surface area contributed by atoms with E-state index < -0.39 is 0 Å². The van der Waals surface area contributed by atoms with Crippen molar-refractivity contribution in [1.29, 1.82) is 0 Å². The zero-order valence-electron chi connectivity index (χ0n) is 12.0. The van der Waals surface area contributed by atoms with Gasteiger partial charge in [-0.15, -0.1) is 0 Å². The number of halogens is 1. The third kappa shape index (κ3) is 4.01. The average molecular weight is 280 g/mol. The molecule has 0 aromatic heterocycles. The molecule has 0 aliphatic heterocycles. The number of rotatable bonds is 8. The van der Waals surface area contributed by atoms with Gasteiger partial charge >= 0.3 is 0 Å². The molecular weight excluding hydrogens is 255 g/mol.